The van der Waals surface area contributed by atoms with Crippen molar-refractivity contribution in [2.75, 3.05) is 6.61 Å². The van der Waals surface area contributed by atoms with E-state index in [1.165, 1.54) is 21.9 Å². The Hall–Kier alpha value is -1.76. The summed E-state index contributed by atoms with van der Waals surface area (Å²) in [5.74, 6) is 1.03. The molecule has 1 aliphatic heterocycles. The van der Waals surface area contributed by atoms with E-state index in [1.807, 2.05) is 0 Å². The predicted octanol–water partition coefficient (Wildman–Crippen LogP) is 3.55. The highest BCUT2D eigenvalue weighted by molar-refractivity contribution is 5.94. The Balaban J connectivity index is 2.45. The average molecular weight is 196 g/mol. The Bertz CT molecular complexity index is 553. The molecule has 2 aromatic rings. The molecule has 0 atom stereocenters. The molecule has 0 radical (unpaired) electrons. The van der Waals surface area contributed by atoms with Gasteiger partial charge in [0.1, 0.15) is 12.4 Å². The van der Waals surface area contributed by atoms with E-state index in [1.54, 1.807) is 0 Å². The average Bonchev–Trinajstić information content (AvgIpc) is 2.30. The lowest BCUT2D eigenvalue weighted by Gasteiger charge is -2.16. The van der Waals surface area contributed by atoms with E-state index >= 15 is 0 Å². The van der Waals surface area contributed by atoms with Gasteiger partial charge in [-0.1, -0.05) is 30.3 Å². The standard InChI is InChI=1S/C14H12O/c1-10-9-11-5-4-8-15-14(11)13-7-3-2-6-12(10)13/h2-7,9H,8H2,1H3. The van der Waals surface area contributed by atoms with Gasteiger partial charge in [0.2, 0.25) is 0 Å². The minimum Gasteiger partial charge on any atom is -0.488 e. The van der Waals surface area contributed by atoms with Crippen LogP contribution in [-0.2, 0) is 0 Å². The molecule has 0 bridgehead atoms. The monoisotopic (exact) mass is 196 g/mol. The van der Waals surface area contributed by atoms with Crippen LogP contribution in [0.4, 0.5) is 0 Å². The summed E-state index contributed by atoms with van der Waals surface area (Å²) >= 11 is 0. The molecule has 0 amide bonds. The SMILES string of the molecule is Cc1cc2c(c3ccccc13)OCC=C2. The van der Waals surface area contributed by atoms with Gasteiger partial charge >= 0.3 is 0 Å². The molecule has 1 nitrogen and oxygen atoms in total. The van der Waals surface area contributed by atoms with Crippen LogP contribution in [0.3, 0.4) is 0 Å². The molecule has 74 valence electrons. The molecule has 0 spiro atoms. The summed E-state index contributed by atoms with van der Waals surface area (Å²) < 4.78 is 5.70. The van der Waals surface area contributed by atoms with E-state index in [0.717, 1.165) is 5.75 Å². The molecule has 1 heteroatoms. The molecule has 0 aromatic heterocycles. The zero-order valence-electron chi connectivity index (χ0n) is 8.66. The van der Waals surface area contributed by atoms with Crippen LogP contribution in [0.15, 0.2) is 36.4 Å². The third-order valence-corrected chi connectivity index (χ3v) is 2.85. The zero-order valence-corrected chi connectivity index (χ0v) is 8.66. The van der Waals surface area contributed by atoms with Gasteiger partial charge in [0.15, 0.2) is 0 Å². The lowest BCUT2D eigenvalue weighted by atomic mass is 9.99. The van der Waals surface area contributed by atoms with Gasteiger partial charge in [-0.15, -0.1) is 0 Å². The van der Waals surface area contributed by atoms with Crippen molar-refractivity contribution in [3.63, 3.8) is 0 Å². The molecule has 0 saturated carbocycles. The summed E-state index contributed by atoms with van der Waals surface area (Å²) in [6, 6.07) is 10.6. The predicted molar refractivity (Wildman–Crippen MR) is 63.2 cm³/mol. The van der Waals surface area contributed by atoms with Crippen molar-refractivity contribution in [2.45, 2.75) is 6.92 Å². The summed E-state index contributed by atoms with van der Waals surface area (Å²) in [4.78, 5) is 0. The lowest BCUT2D eigenvalue weighted by Crippen LogP contribution is -2.01. The fraction of sp³-hybridized carbons (Fsp3) is 0.143. The van der Waals surface area contributed by atoms with E-state index in [-0.39, 0.29) is 0 Å². The van der Waals surface area contributed by atoms with Crippen LogP contribution >= 0.6 is 0 Å². The fourth-order valence-electron chi connectivity index (χ4n) is 2.15. The Morgan fingerprint density at radius 1 is 1.13 bits per heavy atom. The maximum atomic E-state index is 5.70. The largest absolute Gasteiger partial charge is 0.488 e. The summed E-state index contributed by atoms with van der Waals surface area (Å²) in [7, 11) is 0. The second-order valence-electron chi connectivity index (χ2n) is 3.87. The highest BCUT2D eigenvalue weighted by Crippen LogP contribution is 2.34. The molecule has 3 rings (SSSR count). The summed E-state index contributed by atoms with van der Waals surface area (Å²) in [6.07, 6.45) is 4.19. The molecule has 0 saturated heterocycles. The number of ether oxygens (including phenoxy) is 1. The van der Waals surface area contributed by atoms with Crippen LogP contribution in [-0.4, -0.2) is 6.61 Å². The van der Waals surface area contributed by atoms with Gasteiger partial charge in [0.25, 0.3) is 0 Å². The van der Waals surface area contributed by atoms with E-state index in [0.29, 0.717) is 6.61 Å². The quantitative estimate of drug-likeness (QED) is 0.626. The Morgan fingerprint density at radius 2 is 1.93 bits per heavy atom. The van der Waals surface area contributed by atoms with Crippen molar-refractivity contribution < 1.29 is 4.74 Å². The molecule has 0 fully saturated rings. The highest BCUT2D eigenvalue weighted by atomic mass is 16.5. The first-order valence-corrected chi connectivity index (χ1v) is 5.18. The van der Waals surface area contributed by atoms with Gasteiger partial charge in [-0.25, -0.2) is 0 Å². The summed E-state index contributed by atoms with van der Waals surface area (Å²) in [5, 5.41) is 2.50. The van der Waals surface area contributed by atoms with Crippen molar-refractivity contribution >= 4 is 16.8 Å². The molecular weight excluding hydrogens is 184 g/mol. The zero-order chi connectivity index (χ0) is 10.3. The minimum atomic E-state index is 0.681. The Morgan fingerprint density at radius 3 is 2.80 bits per heavy atom. The van der Waals surface area contributed by atoms with Crippen molar-refractivity contribution in [1.82, 2.24) is 0 Å². The molecule has 0 N–H and O–H groups in total. The highest BCUT2D eigenvalue weighted by Gasteiger charge is 2.11. The van der Waals surface area contributed by atoms with E-state index in [4.69, 9.17) is 4.74 Å². The van der Waals surface area contributed by atoms with Gasteiger partial charge < -0.3 is 4.74 Å². The minimum absolute atomic E-state index is 0.681. The first-order valence-electron chi connectivity index (χ1n) is 5.18. The molecule has 2 aromatic carbocycles. The molecule has 1 heterocycles. The lowest BCUT2D eigenvalue weighted by molar-refractivity contribution is 0.363. The summed E-state index contributed by atoms with van der Waals surface area (Å²) in [5.41, 5.74) is 2.50. The van der Waals surface area contributed by atoms with Crippen molar-refractivity contribution in [2.24, 2.45) is 0 Å². The van der Waals surface area contributed by atoms with Gasteiger partial charge in [-0.2, -0.15) is 0 Å². The maximum absolute atomic E-state index is 5.70. The number of hydrogen-bond acceptors (Lipinski definition) is 1. The van der Waals surface area contributed by atoms with Crippen molar-refractivity contribution in [3.05, 3.63) is 47.5 Å². The van der Waals surface area contributed by atoms with Crippen molar-refractivity contribution in [1.29, 1.82) is 0 Å². The molecule has 15 heavy (non-hydrogen) atoms. The van der Waals surface area contributed by atoms with E-state index < -0.39 is 0 Å². The van der Waals surface area contributed by atoms with Crippen LogP contribution in [0.5, 0.6) is 5.75 Å². The Labute approximate surface area is 89.0 Å². The number of aryl methyl sites for hydroxylation is 1. The number of hydrogen-bond donors (Lipinski definition) is 0. The first kappa shape index (κ1) is 8.54. The van der Waals surface area contributed by atoms with Crippen LogP contribution < -0.4 is 4.74 Å². The maximum Gasteiger partial charge on any atom is 0.134 e. The van der Waals surface area contributed by atoms with Gasteiger partial charge in [-0.3, -0.25) is 0 Å². The molecular formula is C14H12O. The van der Waals surface area contributed by atoms with Crippen LogP contribution in [0, 0.1) is 6.92 Å². The smallest absolute Gasteiger partial charge is 0.134 e. The number of benzene rings is 2. The van der Waals surface area contributed by atoms with Crippen LogP contribution in [0.25, 0.3) is 16.8 Å². The molecule has 0 aliphatic carbocycles. The topological polar surface area (TPSA) is 9.23 Å². The van der Waals surface area contributed by atoms with Crippen molar-refractivity contribution in [3.8, 4) is 5.75 Å². The third-order valence-electron chi connectivity index (χ3n) is 2.85. The van der Waals surface area contributed by atoms with Crippen LogP contribution in [0.2, 0.25) is 0 Å². The first-order chi connectivity index (χ1) is 7.36. The van der Waals surface area contributed by atoms with Gasteiger partial charge in [-0.05, 0) is 30.0 Å². The number of rotatable bonds is 0. The Kier molecular flexibility index (Phi) is 1.78. The third kappa shape index (κ3) is 1.23. The van der Waals surface area contributed by atoms with E-state index in [2.05, 4.69) is 49.4 Å². The number of fused-ring (bicyclic) bond motifs is 3. The van der Waals surface area contributed by atoms with Gasteiger partial charge in [0.05, 0.1) is 0 Å². The van der Waals surface area contributed by atoms with E-state index in [9.17, 15) is 0 Å². The van der Waals surface area contributed by atoms with Gasteiger partial charge in [0, 0.05) is 10.9 Å². The fourth-order valence-corrected chi connectivity index (χ4v) is 2.15. The summed E-state index contributed by atoms with van der Waals surface area (Å²) in [6.45, 7) is 2.82. The second-order valence-corrected chi connectivity index (χ2v) is 3.87. The molecule has 1 aliphatic rings. The van der Waals surface area contributed by atoms with Crippen LogP contribution in [0.1, 0.15) is 11.1 Å². The second kappa shape index (κ2) is 3.13. The normalized spacial score (nSPS) is 13.7. The molecule has 0 unspecified atom stereocenters.